The summed E-state index contributed by atoms with van der Waals surface area (Å²) in [5.74, 6) is -0.147. The molecule has 0 aliphatic heterocycles. The van der Waals surface area contributed by atoms with Gasteiger partial charge in [-0.1, -0.05) is 11.6 Å². The number of nitrogens with zero attached hydrogens (tertiary/aromatic N) is 2. The minimum absolute atomic E-state index is 0.147. The summed E-state index contributed by atoms with van der Waals surface area (Å²) in [6, 6.07) is 3.25. The molecule has 0 spiro atoms. The second kappa shape index (κ2) is 5.93. The molecule has 18 heavy (non-hydrogen) atoms. The number of pyridine rings is 1. The van der Waals surface area contributed by atoms with Gasteiger partial charge in [0, 0.05) is 24.5 Å². The van der Waals surface area contributed by atoms with Gasteiger partial charge in [0.2, 0.25) is 0 Å². The average Bonchev–Trinajstić information content (AvgIpc) is 2.76. The second-order valence-electron chi connectivity index (χ2n) is 3.73. The van der Waals surface area contributed by atoms with Crippen LogP contribution in [0.1, 0.15) is 21.1 Å². The Labute approximate surface area is 114 Å². The maximum absolute atomic E-state index is 11.7. The summed E-state index contributed by atoms with van der Waals surface area (Å²) >= 11 is 7.27. The summed E-state index contributed by atoms with van der Waals surface area (Å²) in [5.41, 5.74) is 1.51. The Bertz CT molecular complexity index is 539. The highest BCUT2D eigenvalue weighted by Gasteiger charge is 2.05. The summed E-state index contributed by atoms with van der Waals surface area (Å²) in [6.07, 6.45) is 2.20. The Balaban J connectivity index is 1.83. The van der Waals surface area contributed by atoms with Crippen LogP contribution >= 0.6 is 22.9 Å². The summed E-state index contributed by atoms with van der Waals surface area (Å²) in [4.78, 5) is 19.9. The van der Waals surface area contributed by atoms with Crippen molar-refractivity contribution in [2.24, 2.45) is 0 Å². The maximum Gasteiger partial charge on any atom is 0.252 e. The first kappa shape index (κ1) is 13.0. The van der Waals surface area contributed by atoms with Gasteiger partial charge in [-0.15, -0.1) is 11.3 Å². The molecule has 6 heteroatoms. The van der Waals surface area contributed by atoms with Gasteiger partial charge in [-0.05, 0) is 19.1 Å². The highest BCUT2D eigenvalue weighted by molar-refractivity contribution is 7.09. The molecule has 0 unspecified atom stereocenters. The number of hydrogen-bond donors (Lipinski definition) is 1. The highest BCUT2D eigenvalue weighted by Crippen LogP contribution is 2.08. The maximum atomic E-state index is 11.7. The lowest BCUT2D eigenvalue weighted by Gasteiger charge is -2.03. The Morgan fingerprint density at radius 1 is 1.50 bits per heavy atom. The lowest BCUT2D eigenvalue weighted by atomic mass is 10.2. The molecule has 4 nitrogen and oxygen atoms in total. The SMILES string of the molecule is Cc1nc(CCNC(=O)c2ccc(Cl)nc2)cs1. The summed E-state index contributed by atoms with van der Waals surface area (Å²) in [5, 5.41) is 6.24. The number of aromatic nitrogens is 2. The van der Waals surface area contributed by atoms with E-state index in [-0.39, 0.29) is 5.91 Å². The fraction of sp³-hybridized carbons (Fsp3) is 0.250. The third-order valence-corrected chi connectivity index (χ3v) is 3.37. The molecular formula is C12H12ClN3OS. The molecule has 2 heterocycles. The van der Waals surface area contributed by atoms with Crippen LogP contribution < -0.4 is 5.32 Å². The van der Waals surface area contributed by atoms with Crippen LogP contribution in [0.5, 0.6) is 0 Å². The van der Waals surface area contributed by atoms with Crippen molar-refractivity contribution in [1.82, 2.24) is 15.3 Å². The number of hydrogen-bond acceptors (Lipinski definition) is 4. The number of amides is 1. The van der Waals surface area contributed by atoms with Gasteiger partial charge in [0.15, 0.2) is 0 Å². The van der Waals surface area contributed by atoms with E-state index < -0.39 is 0 Å². The molecule has 0 atom stereocenters. The van der Waals surface area contributed by atoms with Crippen molar-refractivity contribution in [2.75, 3.05) is 6.54 Å². The molecule has 0 aliphatic rings. The van der Waals surface area contributed by atoms with Crippen LogP contribution in [0.2, 0.25) is 5.15 Å². The van der Waals surface area contributed by atoms with Crippen molar-refractivity contribution < 1.29 is 4.79 Å². The van der Waals surface area contributed by atoms with Gasteiger partial charge < -0.3 is 5.32 Å². The number of carbonyl (C=O) groups excluding carboxylic acids is 1. The second-order valence-corrected chi connectivity index (χ2v) is 5.18. The van der Waals surface area contributed by atoms with Crippen LogP contribution in [-0.2, 0) is 6.42 Å². The molecular weight excluding hydrogens is 270 g/mol. The molecule has 0 saturated carbocycles. The zero-order valence-electron chi connectivity index (χ0n) is 9.81. The van der Waals surface area contributed by atoms with Gasteiger partial charge in [-0.2, -0.15) is 0 Å². The Hall–Kier alpha value is -1.46. The van der Waals surface area contributed by atoms with Crippen LogP contribution in [0.15, 0.2) is 23.7 Å². The largest absolute Gasteiger partial charge is 0.352 e. The van der Waals surface area contributed by atoms with E-state index in [0.29, 0.717) is 17.3 Å². The Morgan fingerprint density at radius 3 is 2.94 bits per heavy atom. The molecule has 0 fully saturated rings. The first-order chi connectivity index (χ1) is 8.65. The fourth-order valence-electron chi connectivity index (χ4n) is 1.44. The summed E-state index contributed by atoms with van der Waals surface area (Å²) < 4.78 is 0. The average molecular weight is 282 g/mol. The normalized spacial score (nSPS) is 10.3. The van der Waals surface area contributed by atoms with Crippen LogP contribution in [0.3, 0.4) is 0 Å². The molecule has 2 aromatic heterocycles. The Morgan fingerprint density at radius 2 is 2.33 bits per heavy atom. The molecule has 1 amide bonds. The zero-order chi connectivity index (χ0) is 13.0. The molecule has 0 aliphatic carbocycles. The van der Waals surface area contributed by atoms with Crippen LogP contribution in [-0.4, -0.2) is 22.4 Å². The summed E-state index contributed by atoms with van der Waals surface area (Å²) in [7, 11) is 0. The van der Waals surface area contributed by atoms with Crippen molar-refractivity contribution in [1.29, 1.82) is 0 Å². The standard InChI is InChI=1S/C12H12ClN3OS/c1-8-16-10(7-18-8)4-5-14-12(17)9-2-3-11(13)15-6-9/h2-3,6-7H,4-5H2,1H3,(H,14,17). The van der Waals surface area contributed by atoms with Crippen molar-refractivity contribution in [3.63, 3.8) is 0 Å². The molecule has 1 N–H and O–H groups in total. The van der Waals surface area contributed by atoms with Crippen molar-refractivity contribution in [3.05, 3.63) is 45.1 Å². The molecule has 0 saturated heterocycles. The molecule has 2 aromatic rings. The molecule has 94 valence electrons. The topological polar surface area (TPSA) is 54.9 Å². The van der Waals surface area contributed by atoms with E-state index in [1.807, 2.05) is 12.3 Å². The minimum Gasteiger partial charge on any atom is -0.352 e. The van der Waals surface area contributed by atoms with Gasteiger partial charge in [0.1, 0.15) is 5.15 Å². The number of halogens is 1. The monoisotopic (exact) mass is 281 g/mol. The smallest absolute Gasteiger partial charge is 0.252 e. The number of nitrogens with one attached hydrogen (secondary N) is 1. The van der Waals surface area contributed by atoms with Crippen molar-refractivity contribution in [3.8, 4) is 0 Å². The minimum atomic E-state index is -0.147. The van der Waals surface area contributed by atoms with Crippen molar-refractivity contribution >= 4 is 28.8 Å². The Kier molecular flexibility index (Phi) is 4.28. The fourth-order valence-corrected chi connectivity index (χ4v) is 2.20. The number of thiazole rings is 1. The van der Waals surface area contributed by atoms with Gasteiger partial charge in [0.05, 0.1) is 16.3 Å². The van der Waals surface area contributed by atoms with Gasteiger partial charge in [0.25, 0.3) is 5.91 Å². The van der Waals surface area contributed by atoms with Crippen molar-refractivity contribution in [2.45, 2.75) is 13.3 Å². The quantitative estimate of drug-likeness (QED) is 0.876. The van der Waals surface area contributed by atoms with E-state index in [9.17, 15) is 4.79 Å². The predicted molar refractivity (Wildman–Crippen MR) is 72.1 cm³/mol. The first-order valence-corrected chi connectivity index (χ1v) is 6.71. The molecule has 0 radical (unpaired) electrons. The lowest BCUT2D eigenvalue weighted by Crippen LogP contribution is -2.25. The molecule has 2 rings (SSSR count). The molecule has 0 aromatic carbocycles. The van der Waals surface area contributed by atoms with Gasteiger partial charge in [-0.3, -0.25) is 4.79 Å². The number of aryl methyl sites for hydroxylation is 1. The predicted octanol–water partition coefficient (Wildman–Crippen LogP) is 2.47. The van der Waals surface area contributed by atoms with E-state index in [4.69, 9.17) is 11.6 Å². The van der Waals surface area contributed by atoms with E-state index in [0.717, 1.165) is 17.1 Å². The van der Waals surface area contributed by atoms with Crippen LogP contribution in [0.4, 0.5) is 0 Å². The number of rotatable bonds is 4. The third-order valence-electron chi connectivity index (χ3n) is 2.32. The zero-order valence-corrected chi connectivity index (χ0v) is 11.4. The van der Waals surface area contributed by atoms with E-state index >= 15 is 0 Å². The van der Waals surface area contributed by atoms with Crippen LogP contribution in [0, 0.1) is 6.92 Å². The van der Waals surface area contributed by atoms with Gasteiger partial charge in [-0.25, -0.2) is 9.97 Å². The number of carbonyl (C=O) groups is 1. The lowest BCUT2D eigenvalue weighted by molar-refractivity contribution is 0.0953. The van der Waals surface area contributed by atoms with Crippen LogP contribution in [0.25, 0.3) is 0 Å². The van der Waals surface area contributed by atoms with E-state index in [2.05, 4.69) is 15.3 Å². The third kappa shape index (κ3) is 3.51. The van der Waals surface area contributed by atoms with E-state index in [1.165, 1.54) is 6.20 Å². The summed E-state index contributed by atoms with van der Waals surface area (Å²) in [6.45, 7) is 2.52. The highest BCUT2D eigenvalue weighted by atomic mass is 35.5. The molecule has 0 bridgehead atoms. The van der Waals surface area contributed by atoms with Gasteiger partial charge >= 0.3 is 0 Å². The first-order valence-electron chi connectivity index (χ1n) is 5.46. The van der Waals surface area contributed by atoms with E-state index in [1.54, 1.807) is 23.5 Å².